The Kier molecular flexibility index (Phi) is 1.85. The maximum atomic E-state index is 11.2. The van der Waals surface area contributed by atoms with Crippen LogP contribution in [0.25, 0.3) is 0 Å². The fourth-order valence-electron chi connectivity index (χ4n) is 0.914. The van der Waals surface area contributed by atoms with E-state index in [9.17, 15) is 4.79 Å². The molecule has 2 nitrogen and oxygen atoms in total. The van der Waals surface area contributed by atoms with Gasteiger partial charge in [-0.15, -0.1) is 0 Å². The van der Waals surface area contributed by atoms with Crippen molar-refractivity contribution in [3.8, 4) is 0 Å². The first-order valence-corrected chi connectivity index (χ1v) is 3.61. The maximum absolute atomic E-state index is 11.2. The predicted octanol–water partition coefficient (Wildman–Crippen LogP) is 1.40. The summed E-state index contributed by atoms with van der Waals surface area (Å²) in [5.41, 5.74) is -0.213. The highest BCUT2D eigenvalue weighted by atomic mass is 16.1. The summed E-state index contributed by atoms with van der Waals surface area (Å²) in [6.45, 7) is 5.96. The molecule has 0 aliphatic rings. The first-order chi connectivity index (χ1) is 5.02. The van der Waals surface area contributed by atoms with E-state index in [1.54, 1.807) is 16.8 Å². The summed E-state index contributed by atoms with van der Waals surface area (Å²) in [7, 11) is 0. The molecule has 0 fully saturated rings. The van der Waals surface area contributed by atoms with Gasteiger partial charge in [-0.3, -0.25) is 4.79 Å². The number of hydrogen-bond acceptors (Lipinski definition) is 1. The van der Waals surface area contributed by atoms with Crippen LogP contribution in [0.4, 0.5) is 0 Å². The molecule has 1 aromatic rings. The van der Waals surface area contributed by atoms with E-state index in [1.807, 2.05) is 26.8 Å². The van der Waals surface area contributed by atoms with Crippen molar-refractivity contribution in [1.29, 1.82) is 0 Å². The van der Waals surface area contributed by atoms with Crippen LogP contribution in [-0.2, 0) is 5.54 Å². The second-order valence-corrected chi connectivity index (χ2v) is 3.50. The molecule has 59 valence electrons. The molecular formula is C9H12NO. The highest BCUT2D eigenvalue weighted by molar-refractivity contribution is 4.94. The normalized spacial score (nSPS) is 11.5. The number of pyridine rings is 1. The average Bonchev–Trinajstić information content (AvgIpc) is 1.86. The molecule has 0 bridgehead atoms. The number of rotatable bonds is 0. The first-order valence-electron chi connectivity index (χ1n) is 3.61. The largest absolute Gasteiger partial charge is 0.310 e. The van der Waals surface area contributed by atoms with Crippen molar-refractivity contribution in [2.45, 2.75) is 26.3 Å². The first kappa shape index (κ1) is 8.05. The van der Waals surface area contributed by atoms with E-state index in [1.165, 1.54) is 0 Å². The van der Waals surface area contributed by atoms with Crippen LogP contribution >= 0.6 is 0 Å². The van der Waals surface area contributed by atoms with E-state index in [2.05, 4.69) is 6.07 Å². The van der Waals surface area contributed by atoms with Gasteiger partial charge in [0.25, 0.3) is 5.56 Å². The Labute approximate surface area is 66.5 Å². The Balaban J connectivity index is 3.26. The smallest absolute Gasteiger partial charge is 0.259 e. The molecular weight excluding hydrogens is 138 g/mol. The Morgan fingerprint density at radius 2 is 2.09 bits per heavy atom. The van der Waals surface area contributed by atoms with Crippen molar-refractivity contribution in [1.82, 2.24) is 4.57 Å². The molecule has 0 unspecified atom stereocenters. The molecule has 0 saturated heterocycles. The van der Waals surface area contributed by atoms with Crippen molar-refractivity contribution >= 4 is 0 Å². The van der Waals surface area contributed by atoms with Crippen molar-refractivity contribution in [3.05, 3.63) is 34.7 Å². The molecule has 0 N–H and O–H groups in total. The number of aromatic nitrogens is 1. The second kappa shape index (κ2) is 2.53. The van der Waals surface area contributed by atoms with Gasteiger partial charge in [0.05, 0.1) is 6.07 Å². The van der Waals surface area contributed by atoms with E-state index in [0.29, 0.717) is 0 Å². The Hall–Kier alpha value is -1.05. The summed E-state index contributed by atoms with van der Waals surface area (Å²) in [5, 5.41) is 0. The highest BCUT2D eigenvalue weighted by Crippen LogP contribution is 2.08. The van der Waals surface area contributed by atoms with E-state index in [4.69, 9.17) is 0 Å². The van der Waals surface area contributed by atoms with Gasteiger partial charge < -0.3 is 4.57 Å². The van der Waals surface area contributed by atoms with E-state index in [-0.39, 0.29) is 11.1 Å². The van der Waals surface area contributed by atoms with Gasteiger partial charge >= 0.3 is 0 Å². The van der Waals surface area contributed by atoms with E-state index in [0.717, 1.165) is 0 Å². The zero-order valence-electron chi connectivity index (χ0n) is 7.09. The zero-order chi connectivity index (χ0) is 8.48. The van der Waals surface area contributed by atoms with Crippen molar-refractivity contribution in [3.63, 3.8) is 0 Å². The van der Waals surface area contributed by atoms with Crippen LogP contribution in [0.3, 0.4) is 0 Å². The molecule has 0 aliphatic carbocycles. The Morgan fingerprint density at radius 3 is 2.45 bits per heavy atom. The zero-order valence-corrected chi connectivity index (χ0v) is 7.09. The van der Waals surface area contributed by atoms with Crippen LogP contribution in [0.1, 0.15) is 20.8 Å². The average molecular weight is 150 g/mol. The van der Waals surface area contributed by atoms with Gasteiger partial charge in [0, 0.05) is 11.7 Å². The van der Waals surface area contributed by atoms with Crippen LogP contribution in [0.5, 0.6) is 0 Å². The minimum atomic E-state index is -0.144. The molecule has 0 spiro atoms. The van der Waals surface area contributed by atoms with Crippen LogP contribution in [0.15, 0.2) is 23.1 Å². The van der Waals surface area contributed by atoms with E-state index < -0.39 is 0 Å². The lowest BCUT2D eigenvalue weighted by molar-refractivity contribution is 0.384. The monoisotopic (exact) mass is 150 g/mol. The standard InChI is InChI=1S/C9H12NO/c1-9(2,3)10-7-5-4-6-8(10)11/h4-5,7H,1-3H3. The molecule has 1 radical (unpaired) electrons. The fraction of sp³-hybridized carbons (Fsp3) is 0.444. The van der Waals surface area contributed by atoms with Crippen LogP contribution in [0, 0.1) is 6.07 Å². The topological polar surface area (TPSA) is 22.0 Å². The quantitative estimate of drug-likeness (QED) is 0.548. The molecule has 1 rings (SSSR count). The lowest BCUT2D eigenvalue weighted by atomic mass is 10.1. The van der Waals surface area contributed by atoms with Gasteiger partial charge in [0.15, 0.2) is 0 Å². The van der Waals surface area contributed by atoms with Gasteiger partial charge in [0.2, 0.25) is 0 Å². The summed E-state index contributed by atoms with van der Waals surface area (Å²) in [4.78, 5) is 11.2. The van der Waals surface area contributed by atoms with Gasteiger partial charge in [-0.1, -0.05) is 0 Å². The Bertz CT molecular complexity index is 293. The van der Waals surface area contributed by atoms with Crippen LogP contribution < -0.4 is 5.56 Å². The van der Waals surface area contributed by atoms with Crippen molar-refractivity contribution in [2.75, 3.05) is 0 Å². The molecule has 1 heterocycles. The van der Waals surface area contributed by atoms with Crippen LogP contribution in [-0.4, -0.2) is 4.57 Å². The molecule has 0 aliphatic heterocycles. The summed E-state index contributed by atoms with van der Waals surface area (Å²) in [5.74, 6) is 0. The summed E-state index contributed by atoms with van der Waals surface area (Å²) < 4.78 is 1.66. The molecule has 0 saturated carbocycles. The minimum absolute atomic E-state index is 0.0694. The van der Waals surface area contributed by atoms with Gasteiger partial charge in [-0.2, -0.15) is 0 Å². The summed E-state index contributed by atoms with van der Waals surface area (Å²) in [6, 6.07) is 6.06. The number of hydrogen-bond donors (Lipinski definition) is 0. The van der Waals surface area contributed by atoms with Crippen molar-refractivity contribution < 1.29 is 0 Å². The predicted molar refractivity (Wildman–Crippen MR) is 44.5 cm³/mol. The molecule has 0 atom stereocenters. The molecule has 0 aromatic carbocycles. The highest BCUT2D eigenvalue weighted by Gasteiger charge is 2.12. The van der Waals surface area contributed by atoms with Gasteiger partial charge in [0.1, 0.15) is 0 Å². The fourth-order valence-corrected chi connectivity index (χ4v) is 0.914. The molecule has 0 amide bonds. The van der Waals surface area contributed by atoms with E-state index >= 15 is 0 Å². The third-order valence-corrected chi connectivity index (χ3v) is 1.48. The SMILES string of the molecule is CC(C)(C)n1ccc[c]c1=O. The third kappa shape index (κ3) is 1.70. The maximum Gasteiger partial charge on any atom is 0.259 e. The number of nitrogens with zero attached hydrogens (tertiary/aromatic N) is 1. The second-order valence-electron chi connectivity index (χ2n) is 3.50. The van der Waals surface area contributed by atoms with Crippen LogP contribution in [0.2, 0.25) is 0 Å². The van der Waals surface area contributed by atoms with Gasteiger partial charge in [-0.25, -0.2) is 0 Å². The summed E-state index contributed by atoms with van der Waals surface area (Å²) in [6.07, 6.45) is 1.78. The lowest BCUT2D eigenvalue weighted by Gasteiger charge is -2.21. The van der Waals surface area contributed by atoms with Gasteiger partial charge in [-0.05, 0) is 32.9 Å². The summed E-state index contributed by atoms with van der Waals surface area (Å²) >= 11 is 0. The lowest BCUT2D eigenvalue weighted by Crippen LogP contribution is -2.32. The Morgan fingerprint density at radius 1 is 1.45 bits per heavy atom. The third-order valence-electron chi connectivity index (χ3n) is 1.48. The minimum Gasteiger partial charge on any atom is -0.310 e. The molecule has 2 heteroatoms. The molecule has 11 heavy (non-hydrogen) atoms. The van der Waals surface area contributed by atoms with Crippen molar-refractivity contribution in [2.24, 2.45) is 0 Å². The molecule has 1 aromatic heterocycles.